The topological polar surface area (TPSA) is 35.8 Å². The van der Waals surface area contributed by atoms with E-state index in [-0.39, 0.29) is 0 Å². The van der Waals surface area contributed by atoms with E-state index < -0.39 is 0 Å². The van der Waals surface area contributed by atoms with Crippen LogP contribution >= 0.6 is 15.9 Å². The van der Waals surface area contributed by atoms with Crippen molar-refractivity contribution < 1.29 is 5.21 Å². The van der Waals surface area contributed by atoms with Gasteiger partial charge in [0.15, 0.2) is 0 Å². The largest absolute Gasteiger partial charge is 0.411 e. The van der Waals surface area contributed by atoms with Gasteiger partial charge in [0, 0.05) is 11.0 Å². The van der Waals surface area contributed by atoms with E-state index in [0.717, 1.165) is 24.4 Å². The quantitative estimate of drug-likeness (QED) is 0.376. The molecule has 1 aliphatic rings. The maximum absolute atomic E-state index is 8.95. The number of piperidine rings is 1. The Bertz CT molecular complexity index is 795. The maximum atomic E-state index is 8.95. The van der Waals surface area contributed by atoms with Gasteiger partial charge in [-0.15, -0.1) is 0 Å². The predicted octanol–water partition coefficient (Wildman–Crippen LogP) is 5.45. The first-order chi connectivity index (χ1) is 13.0. The molecule has 1 heterocycles. The molecule has 4 heteroatoms. The second kappa shape index (κ2) is 9.52. The zero-order valence-corrected chi connectivity index (χ0v) is 17.9. The summed E-state index contributed by atoms with van der Waals surface area (Å²) in [4.78, 5) is 2.58. The first kappa shape index (κ1) is 20.1. The second-order valence-electron chi connectivity index (χ2n) is 7.72. The summed E-state index contributed by atoms with van der Waals surface area (Å²) in [6.45, 7) is 7.47. The lowest BCUT2D eigenvalue weighted by molar-refractivity contribution is 0.186. The van der Waals surface area contributed by atoms with Crippen LogP contribution in [0.2, 0.25) is 0 Å². The molecule has 0 unspecified atom stereocenters. The molecule has 3 nitrogen and oxygen atoms in total. The SMILES string of the molecule is C/C(=N/O)c1cccc(CCN2CCC(Cc3cc(C)ccc3Br)CC2)c1. The minimum atomic E-state index is 0.667. The van der Waals surface area contributed by atoms with Crippen molar-refractivity contribution in [1.29, 1.82) is 0 Å². The van der Waals surface area contributed by atoms with Crippen molar-refractivity contribution in [3.8, 4) is 0 Å². The Balaban J connectivity index is 1.48. The van der Waals surface area contributed by atoms with E-state index in [1.54, 1.807) is 0 Å². The molecule has 1 saturated heterocycles. The van der Waals surface area contributed by atoms with Gasteiger partial charge >= 0.3 is 0 Å². The minimum Gasteiger partial charge on any atom is -0.411 e. The lowest BCUT2D eigenvalue weighted by atomic mass is 9.89. The van der Waals surface area contributed by atoms with Crippen LogP contribution in [0.15, 0.2) is 52.1 Å². The van der Waals surface area contributed by atoms with Crippen LogP contribution < -0.4 is 0 Å². The smallest absolute Gasteiger partial charge is 0.0837 e. The van der Waals surface area contributed by atoms with E-state index in [9.17, 15) is 0 Å². The number of halogens is 1. The molecule has 1 aliphatic heterocycles. The van der Waals surface area contributed by atoms with Crippen molar-refractivity contribution in [2.24, 2.45) is 11.1 Å². The molecule has 1 N–H and O–H groups in total. The van der Waals surface area contributed by atoms with Gasteiger partial charge in [-0.3, -0.25) is 0 Å². The van der Waals surface area contributed by atoms with Gasteiger partial charge < -0.3 is 10.1 Å². The Labute approximate surface area is 171 Å². The van der Waals surface area contributed by atoms with E-state index in [1.165, 1.54) is 53.5 Å². The Kier molecular flexibility index (Phi) is 7.08. The Morgan fingerprint density at radius 3 is 2.70 bits per heavy atom. The summed E-state index contributed by atoms with van der Waals surface area (Å²) in [5, 5.41) is 12.3. The molecule has 0 atom stereocenters. The normalized spacial score (nSPS) is 16.6. The first-order valence-electron chi connectivity index (χ1n) is 9.80. The fourth-order valence-corrected chi connectivity index (χ4v) is 4.29. The summed E-state index contributed by atoms with van der Waals surface area (Å²) < 4.78 is 1.25. The monoisotopic (exact) mass is 428 g/mol. The summed E-state index contributed by atoms with van der Waals surface area (Å²) in [6.07, 6.45) is 4.77. The zero-order valence-electron chi connectivity index (χ0n) is 16.3. The second-order valence-corrected chi connectivity index (χ2v) is 8.57. The number of hydrogen-bond acceptors (Lipinski definition) is 3. The molecule has 0 amide bonds. The molecule has 3 rings (SSSR count). The van der Waals surface area contributed by atoms with Crippen molar-refractivity contribution in [1.82, 2.24) is 4.90 Å². The molecule has 2 aromatic rings. The third-order valence-corrected chi connectivity index (χ3v) is 6.40. The van der Waals surface area contributed by atoms with Gasteiger partial charge in [0.2, 0.25) is 0 Å². The molecule has 0 spiro atoms. The number of oxime groups is 1. The molecule has 144 valence electrons. The van der Waals surface area contributed by atoms with Crippen LogP contribution in [0.3, 0.4) is 0 Å². The van der Waals surface area contributed by atoms with Crippen LogP contribution in [0.5, 0.6) is 0 Å². The van der Waals surface area contributed by atoms with Crippen LogP contribution in [0.25, 0.3) is 0 Å². The average molecular weight is 429 g/mol. The third kappa shape index (κ3) is 5.66. The minimum absolute atomic E-state index is 0.667. The zero-order chi connectivity index (χ0) is 19.2. The van der Waals surface area contributed by atoms with Gasteiger partial charge in [-0.1, -0.05) is 57.0 Å². The lowest BCUT2D eigenvalue weighted by Gasteiger charge is -2.32. The third-order valence-electron chi connectivity index (χ3n) is 5.63. The van der Waals surface area contributed by atoms with Crippen LogP contribution in [-0.4, -0.2) is 35.5 Å². The van der Waals surface area contributed by atoms with Crippen LogP contribution in [-0.2, 0) is 12.8 Å². The average Bonchev–Trinajstić information content (AvgIpc) is 2.70. The molecule has 0 aromatic heterocycles. The fourth-order valence-electron chi connectivity index (χ4n) is 3.88. The summed E-state index contributed by atoms with van der Waals surface area (Å²) in [5.41, 5.74) is 5.76. The number of rotatable bonds is 6. The van der Waals surface area contributed by atoms with E-state index in [0.29, 0.717) is 5.71 Å². The van der Waals surface area contributed by atoms with Gasteiger partial charge in [-0.05, 0) is 87.4 Å². The van der Waals surface area contributed by atoms with Crippen molar-refractivity contribution in [2.75, 3.05) is 19.6 Å². The lowest BCUT2D eigenvalue weighted by Crippen LogP contribution is -2.35. The summed E-state index contributed by atoms with van der Waals surface area (Å²) >= 11 is 3.71. The van der Waals surface area contributed by atoms with Crippen molar-refractivity contribution in [2.45, 2.75) is 39.5 Å². The molecule has 1 fully saturated rings. The molecular formula is C23H29BrN2O. The van der Waals surface area contributed by atoms with E-state index in [4.69, 9.17) is 5.21 Å². The summed E-state index contributed by atoms with van der Waals surface area (Å²) in [7, 11) is 0. The molecule has 0 saturated carbocycles. The number of nitrogens with zero attached hydrogens (tertiary/aromatic N) is 2. The molecule has 0 radical (unpaired) electrons. The Morgan fingerprint density at radius 1 is 1.19 bits per heavy atom. The highest BCUT2D eigenvalue weighted by atomic mass is 79.9. The fraction of sp³-hybridized carbons (Fsp3) is 0.435. The van der Waals surface area contributed by atoms with Crippen molar-refractivity contribution >= 4 is 21.6 Å². The first-order valence-corrected chi connectivity index (χ1v) is 10.6. The van der Waals surface area contributed by atoms with Crippen LogP contribution in [0, 0.1) is 12.8 Å². The summed E-state index contributed by atoms with van der Waals surface area (Å²) in [5.74, 6) is 0.783. The van der Waals surface area contributed by atoms with Crippen LogP contribution in [0.1, 0.15) is 42.0 Å². The van der Waals surface area contributed by atoms with Crippen molar-refractivity contribution in [3.63, 3.8) is 0 Å². The van der Waals surface area contributed by atoms with Gasteiger partial charge in [0.25, 0.3) is 0 Å². The number of hydrogen-bond donors (Lipinski definition) is 1. The predicted molar refractivity (Wildman–Crippen MR) is 116 cm³/mol. The van der Waals surface area contributed by atoms with Gasteiger partial charge in [-0.2, -0.15) is 0 Å². The molecule has 27 heavy (non-hydrogen) atoms. The van der Waals surface area contributed by atoms with E-state index >= 15 is 0 Å². The molecule has 0 bridgehead atoms. The van der Waals surface area contributed by atoms with Gasteiger partial charge in [0.1, 0.15) is 0 Å². The Hall–Kier alpha value is -1.65. The van der Waals surface area contributed by atoms with Crippen LogP contribution in [0.4, 0.5) is 0 Å². The Morgan fingerprint density at radius 2 is 1.96 bits per heavy atom. The van der Waals surface area contributed by atoms with E-state index in [1.807, 2.05) is 19.1 Å². The highest BCUT2D eigenvalue weighted by Crippen LogP contribution is 2.26. The van der Waals surface area contributed by atoms with Gasteiger partial charge in [-0.25, -0.2) is 0 Å². The van der Waals surface area contributed by atoms with Crippen molar-refractivity contribution in [3.05, 3.63) is 69.2 Å². The standard InChI is InChI=1S/C23H29BrN2O/c1-17-6-7-23(24)22(14-17)16-20-9-12-26(13-10-20)11-8-19-4-3-5-21(15-19)18(2)25-27/h3-7,14-15,20,27H,8-13,16H2,1-2H3/b25-18-. The molecular weight excluding hydrogens is 400 g/mol. The highest BCUT2D eigenvalue weighted by molar-refractivity contribution is 9.10. The highest BCUT2D eigenvalue weighted by Gasteiger charge is 2.20. The number of benzene rings is 2. The van der Waals surface area contributed by atoms with E-state index in [2.05, 4.69) is 63.2 Å². The summed E-state index contributed by atoms with van der Waals surface area (Å²) in [6, 6.07) is 15.0. The maximum Gasteiger partial charge on any atom is 0.0837 e. The number of likely N-dealkylation sites (tertiary alicyclic amines) is 1. The van der Waals surface area contributed by atoms with Gasteiger partial charge in [0.05, 0.1) is 5.71 Å². The molecule has 2 aromatic carbocycles. The molecule has 0 aliphatic carbocycles. The number of aryl methyl sites for hydroxylation is 1.